The van der Waals surface area contributed by atoms with Crippen LogP contribution in [0.2, 0.25) is 5.02 Å². The highest BCUT2D eigenvalue weighted by Crippen LogP contribution is 2.27. The van der Waals surface area contributed by atoms with Gasteiger partial charge < -0.3 is 14.8 Å². The Balaban J connectivity index is 1.36. The number of rotatable bonds is 4. The first-order valence-corrected chi connectivity index (χ1v) is 10.9. The molecule has 0 aliphatic carbocycles. The van der Waals surface area contributed by atoms with E-state index >= 15 is 0 Å². The molecule has 0 saturated carbocycles. The number of imidazole rings is 1. The highest BCUT2D eigenvalue weighted by atomic mass is 35.5. The Morgan fingerprint density at radius 2 is 2.00 bits per heavy atom. The average molecular weight is 451 g/mol. The Hall–Kier alpha value is -3.46. The van der Waals surface area contributed by atoms with Crippen molar-refractivity contribution in [3.05, 3.63) is 53.7 Å². The number of aryl methyl sites for hydroxylation is 1. The smallest absolute Gasteiger partial charge is 0.244 e. The predicted molar refractivity (Wildman–Crippen MR) is 122 cm³/mol. The van der Waals surface area contributed by atoms with Crippen molar-refractivity contribution in [1.82, 2.24) is 34.6 Å². The summed E-state index contributed by atoms with van der Waals surface area (Å²) in [5.41, 5.74) is 3.19. The lowest BCUT2D eigenvalue weighted by molar-refractivity contribution is -0.134. The zero-order chi connectivity index (χ0) is 22.2. The maximum absolute atomic E-state index is 13.3. The van der Waals surface area contributed by atoms with Gasteiger partial charge in [0.2, 0.25) is 5.91 Å². The van der Waals surface area contributed by atoms with Gasteiger partial charge in [-0.3, -0.25) is 4.79 Å². The van der Waals surface area contributed by atoms with Gasteiger partial charge in [-0.15, -0.1) is 0 Å². The molecule has 0 unspecified atom stereocenters. The molecule has 1 atom stereocenters. The maximum atomic E-state index is 13.3. The molecule has 1 saturated heterocycles. The van der Waals surface area contributed by atoms with Gasteiger partial charge in [0, 0.05) is 48.8 Å². The molecule has 4 aromatic rings. The quantitative estimate of drug-likeness (QED) is 0.513. The molecule has 32 heavy (non-hydrogen) atoms. The van der Waals surface area contributed by atoms with Crippen LogP contribution in [0.25, 0.3) is 22.6 Å². The minimum Gasteiger partial charge on any atom is -0.368 e. The van der Waals surface area contributed by atoms with E-state index in [1.807, 2.05) is 36.1 Å². The van der Waals surface area contributed by atoms with E-state index in [0.29, 0.717) is 23.7 Å². The molecule has 1 fully saturated rings. The summed E-state index contributed by atoms with van der Waals surface area (Å²) in [5, 5.41) is 6.19. The number of piperazine rings is 1. The topological polar surface area (TPSA) is 95.8 Å². The van der Waals surface area contributed by atoms with Crippen molar-refractivity contribution in [1.29, 1.82) is 0 Å². The molecule has 9 nitrogen and oxygen atoms in total. The van der Waals surface area contributed by atoms with Crippen LogP contribution < -0.4 is 4.90 Å². The third-order valence-corrected chi connectivity index (χ3v) is 6.12. The molecule has 1 amide bonds. The number of carbonyl (C=O) groups is 1. The number of nitrogens with one attached hydrogen (secondary N) is 1. The first-order valence-electron chi connectivity index (χ1n) is 10.5. The molecule has 1 aromatic carbocycles. The molecule has 0 spiro atoms. The van der Waals surface area contributed by atoms with Crippen LogP contribution in [0.15, 0.2) is 43.0 Å². The lowest BCUT2D eigenvalue weighted by Gasteiger charge is -2.41. The number of carbonyl (C=O) groups excluding carboxylic acids is 1. The van der Waals surface area contributed by atoms with Gasteiger partial charge in [-0.1, -0.05) is 11.6 Å². The largest absolute Gasteiger partial charge is 0.368 e. The van der Waals surface area contributed by atoms with E-state index < -0.39 is 0 Å². The summed E-state index contributed by atoms with van der Waals surface area (Å²) in [6, 6.07) is 7.88. The first kappa shape index (κ1) is 20.4. The van der Waals surface area contributed by atoms with Gasteiger partial charge in [-0.2, -0.15) is 5.10 Å². The Morgan fingerprint density at radius 1 is 1.19 bits per heavy atom. The second kappa shape index (κ2) is 8.23. The van der Waals surface area contributed by atoms with Crippen LogP contribution in [0, 0.1) is 6.92 Å². The molecule has 3 aromatic heterocycles. The summed E-state index contributed by atoms with van der Waals surface area (Å²) >= 11 is 6.01. The summed E-state index contributed by atoms with van der Waals surface area (Å²) in [6.45, 7) is 6.24. The molecule has 5 rings (SSSR count). The van der Waals surface area contributed by atoms with Gasteiger partial charge in [-0.05, 0) is 38.1 Å². The maximum Gasteiger partial charge on any atom is 0.244 e. The van der Waals surface area contributed by atoms with Gasteiger partial charge in [0.15, 0.2) is 11.5 Å². The number of amides is 1. The number of aromatic amines is 1. The summed E-state index contributed by atoms with van der Waals surface area (Å²) < 4.78 is 1.66. The van der Waals surface area contributed by atoms with Crippen molar-refractivity contribution in [3.63, 3.8) is 0 Å². The van der Waals surface area contributed by atoms with Crippen molar-refractivity contribution >= 4 is 34.2 Å². The van der Waals surface area contributed by atoms with Crippen molar-refractivity contribution < 1.29 is 4.79 Å². The van der Waals surface area contributed by atoms with Crippen LogP contribution in [-0.2, 0) is 11.3 Å². The minimum atomic E-state index is 0.0138. The molecular weight excluding hydrogens is 428 g/mol. The van der Waals surface area contributed by atoms with Crippen LogP contribution >= 0.6 is 11.6 Å². The molecule has 4 heterocycles. The number of hydrogen-bond donors (Lipinski definition) is 1. The molecular formula is C22H23ClN8O. The second-order valence-electron chi connectivity index (χ2n) is 7.96. The lowest BCUT2D eigenvalue weighted by Crippen LogP contribution is -2.54. The van der Waals surface area contributed by atoms with E-state index in [9.17, 15) is 4.79 Å². The first-order chi connectivity index (χ1) is 15.5. The van der Waals surface area contributed by atoms with Gasteiger partial charge in [0.25, 0.3) is 0 Å². The molecule has 1 N–H and O–H groups in total. The van der Waals surface area contributed by atoms with Crippen LogP contribution in [0.5, 0.6) is 0 Å². The van der Waals surface area contributed by atoms with E-state index in [4.69, 9.17) is 11.6 Å². The molecule has 0 radical (unpaired) electrons. The predicted octanol–water partition coefficient (Wildman–Crippen LogP) is 2.92. The van der Waals surface area contributed by atoms with E-state index in [2.05, 4.69) is 36.9 Å². The number of benzene rings is 1. The van der Waals surface area contributed by atoms with Gasteiger partial charge in [0.1, 0.15) is 18.6 Å². The number of anilines is 1. The van der Waals surface area contributed by atoms with Crippen molar-refractivity contribution in [2.75, 3.05) is 24.5 Å². The van der Waals surface area contributed by atoms with Crippen LogP contribution in [0.3, 0.4) is 0 Å². The summed E-state index contributed by atoms with van der Waals surface area (Å²) in [4.78, 5) is 33.6. The Bertz CT molecular complexity index is 1250. The van der Waals surface area contributed by atoms with E-state index in [1.165, 1.54) is 6.33 Å². The fourth-order valence-electron chi connectivity index (χ4n) is 4.26. The molecule has 1 aliphatic rings. The van der Waals surface area contributed by atoms with E-state index in [0.717, 1.165) is 34.9 Å². The third kappa shape index (κ3) is 3.69. The summed E-state index contributed by atoms with van der Waals surface area (Å²) in [5.74, 6) is 0.643. The monoisotopic (exact) mass is 450 g/mol. The van der Waals surface area contributed by atoms with Crippen LogP contribution in [-0.4, -0.2) is 66.2 Å². The van der Waals surface area contributed by atoms with Crippen molar-refractivity contribution in [2.45, 2.75) is 26.4 Å². The zero-order valence-electron chi connectivity index (χ0n) is 17.9. The van der Waals surface area contributed by atoms with E-state index in [1.54, 1.807) is 17.1 Å². The van der Waals surface area contributed by atoms with Gasteiger partial charge in [-0.25, -0.2) is 19.6 Å². The lowest BCUT2D eigenvalue weighted by atomic mass is 10.1. The fourth-order valence-corrected chi connectivity index (χ4v) is 4.38. The average Bonchev–Trinajstić information content (AvgIpc) is 3.43. The van der Waals surface area contributed by atoms with Crippen molar-refractivity contribution in [2.24, 2.45) is 0 Å². The number of fused-ring (bicyclic) bond motifs is 1. The second-order valence-corrected chi connectivity index (χ2v) is 8.40. The number of H-pyrrole nitrogens is 1. The Kier molecular flexibility index (Phi) is 5.26. The van der Waals surface area contributed by atoms with Gasteiger partial charge >= 0.3 is 0 Å². The van der Waals surface area contributed by atoms with Crippen LogP contribution in [0.4, 0.5) is 5.69 Å². The highest BCUT2D eigenvalue weighted by Gasteiger charge is 2.29. The highest BCUT2D eigenvalue weighted by molar-refractivity contribution is 6.30. The third-order valence-electron chi connectivity index (χ3n) is 5.87. The minimum absolute atomic E-state index is 0.0138. The van der Waals surface area contributed by atoms with Crippen LogP contribution in [0.1, 0.15) is 12.6 Å². The number of aromatic nitrogens is 6. The summed E-state index contributed by atoms with van der Waals surface area (Å²) in [7, 11) is 0. The Morgan fingerprint density at radius 3 is 2.72 bits per heavy atom. The fraction of sp³-hybridized carbons (Fsp3) is 0.318. The number of nitrogens with zero attached hydrogens (tertiary/aromatic N) is 7. The molecule has 10 heteroatoms. The molecule has 0 bridgehead atoms. The number of hydrogen-bond acceptors (Lipinski definition) is 6. The zero-order valence-corrected chi connectivity index (χ0v) is 18.6. The van der Waals surface area contributed by atoms with Crippen molar-refractivity contribution in [3.8, 4) is 11.5 Å². The standard InChI is InChI=1S/C22H23ClN8O/c1-14-11-29(17-5-3-16(23)4-6-17)9-10-30(14)18(32)12-31-22-19(15(2)26-13-27-22)20(28-31)21-24-7-8-25-21/h3-8,13-14H,9-12H2,1-2H3,(H,24,25)/t14-/m0/s1. The SMILES string of the molecule is Cc1ncnc2c1c(-c1ncc[nH]1)nn2CC(=O)N1CCN(c2ccc(Cl)cc2)C[C@@H]1C. The Labute approximate surface area is 190 Å². The molecule has 1 aliphatic heterocycles. The van der Waals surface area contributed by atoms with Gasteiger partial charge in [0.05, 0.1) is 11.1 Å². The number of halogens is 1. The van der Waals surface area contributed by atoms with E-state index in [-0.39, 0.29) is 18.5 Å². The normalized spacial score (nSPS) is 16.7. The molecule has 164 valence electrons. The summed E-state index contributed by atoms with van der Waals surface area (Å²) in [6.07, 6.45) is 4.92.